The molecule has 0 bridgehead atoms. The van der Waals surface area contributed by atoms with Crippen LogP contribution in [0.5, 0.6) is 0 Å². The Hall–Kier alpha value is -2.88. The molecular formula is C23H23N3O. The van der Waals surface area contributed by atoms with Crippen molar-refractivity contribution in [2.45, 2.75) is 31.1 Å². The van der Waals surface area contributed by atoms with Gasteiger partial charge >= 0.3 is 0 Å². The van der Waals surface area contributed by atoms with Crippen molar-refractivity contribution in [3.8, 4) is 11.3 Å². The molecule has 1 aliphatic carbocycles. The molecule has 2 aromatic carbocycles. The summed E-state index contributed by atoms with van der Waals surface area (Å²) in [6.07, 6.45) is 8.11. The third-order valence-corrected chi connectivity index (χ3v) is 6.27. The lowest BCUT2D eigenvalue weighted by Gasteiger charge is -2.35. The second-order valence-electron chi connectivity index (χ2n) is 7.81. The van der Waals surface area contributed by atoms with Gasteiger partial charge in [-0.15, -0.1) is 0 Å². The Labute approximate surface area is 159 Å². The van der Waals surface area contributed by atoms with Crippen LogP contribution in [0.1, 0.15) is 40.7 Å². The maximum atomic E-state index is 13.1. The van der Waals surface area contributed by atoms with Gasteiger partial charge in [-0.1, -0.05) is 36.4 Å². The van der Waals surface area contributed by atoms with Crippen LogP contribution >= 0.6 is 0 Å². The van der Waals surface area contributed by atoms with Crippen LogP contribution in [0, 0.1) is 0 Å². The average molecular weight is 357 g/mol. The highest BCUT2D eigenvalue weighted by Gasteiger charge is 2.43. The average Bonchev–Trinajstić information content (AvgIpc) is 3.39. The number of likely N-dealkylation sites (tertiary alicyclic amines) is 1. The van der Waals surface area contributed by atoms with E-state index in [1.807, 2.05) is 29.2 Å². The zero-order chi connectivity index (χ0) is 18.3. The molecule has 1 unspecified atom stereocenters. The molecule has 4 nitrogen and oxygen atoms in total. The van der Waals surface area contributed by atoms with Gasteiger partial charge in [0, 0.05) is 24.1 Å². The maximum absolute atomic E-state index is 13.1. The number of aromatic nitrogens is 2. The molecule has 0 saturated carbocycles. The molecule has 1 N–H and O–H groups in total. The lowest BCUT2D eigenvalue weighted by atomic mass is 9.69. The number of carbonyl (C=O) groups is 1. The molecule has 3 aromatic rings. The Morgan fingerprint density at radius 2 is 1.93 bits per heavy atom. The molecule has 1 fully saturated rings. The number of H-pyrrole nitrogens is 1. The predicted molar refractivity (Wildman–Crippen MR) is 106 cm³/mol. The molecule has 2 aliphatic rings. The van der Waals surface area contributed by atoms with E-state index < -0.39 is 0 Å². The van der Waals surface area contributed by atoms with E-state index in [9.17, 15) is 4.79 Å². The van der Waals surface area contributed by atoms with Crippen molar-refractivity contribution in [1.82, 2.24) is 14.9 Å². The molecule has 1 spiro atoms. The Morgan fingerprint density at radius 1 is 1.07 bits per heavy atom. The van der Waals surface area contributed by atoms with Crippen LogP contribution in [-0.2, 0) is 11.8 Å². The molecule has 4 heteroatoms. The van der Waals surface area contributed by atoms with Gasteiger partial charge in [-0.3, -0.25) is 4.79 Å². The minimum absolute atomic E-state index is 0.145. The van der Waals surface area contributed by atoms with Gasteiger partial charge in [0.1, 0.15) is 0 Å². The molecule has 1 aromatic heterocycles. The summed E-state index contributed by atoms with van der Waals surface area (Å²) in [6, 6.07) is 16.7. The highest BCUT2D eigenvalue weighted by Crippen LogP contribution is 2.44. The second-order valence-corrected chi connectivity index (χ2v) is 7.81. The molecule has 136 valence electrons. The largest absolute Gasteiger partial charge is 0.345 e. The first-order valence-electron chi connectivity index (χ1n) is 9.72. The van der Waals surface area contributed by atoms with Crippen molar-refractivity contribution >= 4 is 5.91 Å². The number of aryl methyl sites for hydroxylation is 1. The highest BCUT2D eigenvalue weighted by molar-refractivity contribution is 5.95. The van der Waals surface area contributed by atoms with Crippen molar-refractivity contribution < 1.29 is 4.79 Å². The minimum Gasteiger partial charge on any atom is -0.345 e. The van der Waals surface area contributed by atoms with Crippen LogP contribution in [0.15, 0.2) is 61.1 Å². The molecule has 1 amide bonds. The van der Waals surface area contributed by atoms with E-state index in [0.29, 0.717) is 0 Å². The second kappa shape index (κ2) is 6.38. The van der Waals surface area contributed by atoms with E-state index in [4.69, 9.17) is 0 Å². The van der Waals surface area contributed by atoms with Crippen molar-refractivity contribution in [2.24, 2.45) is 0 Å². The number of fused-ring (bicyclic) bond motifs is 2. The molecule has 1 aliphatic heterocycles. The smallest absolute Gasteiger partial charge is 0.253 e. The normalized spacial score (nSPS) is 21.4. The fourth-order valence-corrected chi connectivity index (χ4v) is 4.87. The van der Waals surface area contributed by atoms with Crippen LogP contribution in [0.4, 0.5) is 0 Å². The van der Waals surface area contributed by atoms with Crippen LogP contribution in [0.2, 0.25) is 0 Å². The summed E-state index contributed by atoms with van der Waals surface area (Å²) in [5.74, 6) is 0.145. The summed E-state index contributed by atoms with van der Waals surface area (Å²) in [5, 5.41) is 0. The SMILES string of the molecule is O=C(c1ccc(-c2cnc[nH]2)cc1)N1CCC2(CCCc3ccccc32)C1. The van der Waals surface area contributed by atoms with Gasteiger partial charge in [-0.25, -0.2) is 4.98 Å². The third-order valence-electron chi connectivity index (χ3n) is 6.27. The van der Waals surface area contributed by atoms with Gasteiger partial charge in [-0.05, 0) is 54.5 Å². The summed E-state index contributed by atoms with van der Waals surface area (Å²) in [4.78, 5) is 22.3. The highest BCUT2D eigenvalue weighted by atomic mass is 16.2. The molecule has 1 saturated heterocycles. The summed E-state index contributed by atoms with van der Waals surface area (Å²) in [6.45, 7) is 1.68. The van der Waals surface area contributed by atoms with Crippen molar-refractivity contribution in [2.75, 3.05) is 13.1 Å². The lowest BCUT2D eigenvalue weighted by Crippen LogP contribution is -2.36. The number of aromatic amines is 1. The summed E-state index contributed by atoms with van der Waals surface area (Å²) in [7, 11) is 0. The standard InChI is InChI=1S/C23H23N3O/c27-22(19-9-7-18(8-10-19)21-14-24-16-25-21)26-13-12-23(15-26)11-3-5-17-4-1-2-6-20(17)23/h1-2,4,6-10,14,16H,3,5,11-13,15H2,(H,24,25). The third kappa shape index (κ3) is 2.76. The van der Waals surface area contributed by atoms with E-state index in [1.165, 1.54) is 30.4 Å². The number of carbonyl (C=O) groups excluding carboxylic acids is 1. The van der Waals surface area contributed by atoms with Crippen LogP contribution in [0.3, 0.4) is 0 Å². The summed E-state index contributed by atoms with van der Waals surface area (Å²) < 4.78 is 0. The van der Waals surface area contributed by atoms with E-state index >= 15 is 0 Å². The first-order valence-corrected chi connectivity index (χ1v) is 9.72. The fraction of sp³-hybridized carbons (Fsp3) is 0.304. The topological polar surface area (TPSA) is 49.0 Å². The van der Waals surface area contributed by atoms with Gasteiger partial charge in [0.05, 0.1) is 18.2 Å². The van der Waals surface area contributed by atoms with E-state index in [-0.39, 0.29) is 11.3 Å². The number of benzene rings is 2. The van der Waals surface area contributed by atoms with E-state index in [0.717, 1.165) is 36.3 Å². The molecule has 1 atom stereocenters. The fourth-order valence-electron chi connectivity index (χ4n) is 4.87. The summed E-state index contributed by atoms with van der Waals surface area (Å²) in [5.41, 5.74) is 5.87. The van der Waals surface area contributed by atoms with Gasteiger partial charge in [0.15, 0.2) is 0 Å². The van der Waals surface area contributed by atoms with Gasteiger partial charge < -0.3 is 9.88 Å². The number of amides is 1. The van der Waals surface area contributed by atoms with Crippen LogP contribution in [0.25, 0.3) is 11.3 Å². The minimum atomic E-state index is 0.145. The number of hydrogen-bond acceptors (Lipinski definition) is 2. The predicted octanol–water partition coefficient (Wildman–Crippen LogP) is 4.20. The van der Waals surface area contributed by atoms with Crippen LogP contribution < -0.4 is 0 Å². The number of imidazole rings is 1. The monoisotopic (exact) mass is 357 g/mol. The zero-order valence-electron chi connectivity index (χ0n) is 15.3. The van der Waals surface area contributed by atoms with Gasteiger partial charge in [0.25, 0.3) is 5.91 Å². The Bertz CT molecular complexity index is 962. The number of rotatable bonds is 2. The Balaban J connectivity index is 1.37. The number of nitrogens with zero attached hydrogens (tertiary/aromatic N) is 2. The first kappa shape index (κ1) is 16.3. The Kier molecular flexibility index (Phi) is 3.85. The maximum Gasteiger partial charge on any atom is 0.253 e. The molecule has 5 rings (SSSR count). The zero-order valence-corrected chi connectivity index (χ0v) is 15.3. The van der Waals surface area contributed by atoms with E-state index in [2.05, 4.69) is 34.2 Å². The summed E-state index contributed by atoms with van der Waals surface area (Å²) >= 11 is 0. The van der Waals surface area contributed by atoms with Crippen molar-refractivity contribution in [1.29, 1.82) is 0 Å². The first-order chi connectivity index (χ1) is 13.3. The van der Waals surface area contributed by atoms with Crippen LogP contribution in [-0.4, -0.2) is 33.9 Å². The van der Waals surface area contributed by atoms with Gasteiger partial charge in [-0.2, -0.15) is 0 Å². The molecule has 2 heterocycles. The van der Waals surface area contributed by atoms with E-state index in [1.54, 1.807) is 12.5 Å². The van der Waals surface area contributed by atoms with Crippen molar-refractivity contribution in [3.63, 3.8) is 0 Å². The lowest BCUT2D eigenvalue weighted by molar-refractivity contribution is 0.0781. The molecular weight excluding hydrogens is 334 g/mol. The quantitative estimate of drug-likeness (QED) is 0.747. The Morgan fingerprint density at radius 3 is 2.74 bits per heavy atom. The number of nitrogens with one attached hydrogen (secondary N) is 1. The van der Waals surface area contributed by atoms with Gasteiger partial charge in [0.2, 0.25) is 0 Å². The number of hydrogen-bond donors (Lipinski definition) is 1. The molecule has 0 radical (unpaired) electrons. The van der Waals surface area contributed by atoms with Crippen molar-refractivity contribution in [3.05, 3.63) is 77.7 Å². The molecule has 27 heavy (non-hydrogen) atoms.